The summed E-state index contributed by atoms with van der Waals surface area (Å²) >= 11 is 1.05. The van der Waals surface area contributed by atoms with Crippen LogP contribution in [-0.2, 0) is 4.74 Å². The van der Waals surface area contributed by atoms with Crippen LogP contribution in [0.25, 0.3) is 0 Å². The molecule has 0 radical (unpaired) electrons. The average Bonchev–Trinajstić information content (AvgIpc) is 2.98. The van der Waals surface area contributed by atoms with Crippen LogP contribution in [0, 0.1) is 11.3 Å². The predicted octanol–water partition coefficient (Wildman–Crippen LogP) is 2.44. The number of aromatic nitrogens is 1. The van der Waals surface area contributed by atoms with E-state index in [0.717, 1.165) is 11.3 Å². The minimum Gasteiger partial charge on any atom is -0.461 e. The number of anilines is 1. The number of esters is 1. The Morgan fingerprint density at radius 2 is 2.10 bits per heavy atom. The molecule has 0 aliphatic carbocycles. The van der Waals surface area contributed by atoms with Crippen molar-refractivity contribution in [1.82, 2.24) is 4.98 Å². The van der Waals surface area contributed by atoms with Gasteiger partial charge in [0.1, 0.15) is 5.69 Å². The van der Waals surface area contributed by atoms with Crippen LogP contribution >= 0.6 is 11.3 Å². The molecule has 1 aromatic heterocycles. The molecule has 0 aliphatic rings. The van der Waals surface area contributed by atoms with Crippen LogP contribution in [0.2, 0.25) is 0 Å². The number of hydrogen-bond donors (Lipinski definition) is 1. The fourth-order valence-corrected chi connectivity index (χ4v) is 2.18. The first-order valence-corrected chi connectivity index (χ1v) is 6.96. The fraction of sp³-hybridized carbons (Fsp3) is 0.143. The van der Waals surface area contributed by atoms with Crippen molar-refractivity contribution in [3.63, 3.8) is 0 Å². The second-order valence-corrected chi connectivity index (χ2v) is 4.76. The minimum atomic E-state index is -0.542. The summed E-state index contributed by atoms with van der Waals surface area (Å²) in [4.78, 5) is 27.4. The van der Waals surface area contributed by atoms with Gasteiger partial charge in [0.15, 0.2) is 0 Å². The number of nitrogens with zero attached hydrogens (tertiary/aromatic N) is 2. The SMILES string of the molecule is CCOC(=O)c1nc(C(=O)Nc2ccc(C#N)cc2)cs1. The van der Waals surface area contributed by atoms with E-state index in [4.69, 9.17) is 10.00 Å². The number of benzene rings is 1. The second kappa shape index (κ2) is 6.63. The number of nitriles is 1. The van der Waals surface area contributed by atoms with Gasteiger partial charge in [0.05, 0.1) is 18.2 Å². The van der Waals surface area contributed by atoms with E-state index in [1.165, 1.54) is 5.38 Å². The highest BCUT2D eigenvalue weighted by atomic mass is 32.1. The van der Waals surface area contributed by atoms with Gasteiger partial charge in [0.25, 0.3) is 5.91 Å². The van der Waals surface area contributed by atoms with Crippen molar-refractivity contribution in [3.8, 4) is 6.07 Å². The summed E-state index contributed by atoms with van der Waals surface area (Å²) in [6.07, 6.45) is 0. The van der Waals surface area contributed by atoms with Gasteiger partial charge in [-0.25, -0.2) is 9.78 Å². The summed E-state index contributed by atoms with van der Waals surface area (Å²) in [5.41, 5.74) is 1.20. The number of hydrogen-bond acceptors (Lipinski definition) is 6. The first-order chi connectivity index (χ1) is 10.1. The van der Waals surface area contributed by atoms with Crippen LogP contribution in [-0.4, -0.2) is 23.5 Å². The molecule has 0 saturated heterocycles. The molecule has 0 aliphatic heterocycles. The van der Waals surface area contributed by atoms with Gasteiger partial charge < -0.3 is 10.1 Å². The lowest BCUT2D eigenvalue weighted by Crippen LogP contribution is -2.13. The quantitative estimate of drug-likeness (QED) is 0.876. The van der Waals surface area contributed by atoms with E-state index >= 15 is 0 Å². The highest BCUT2D eigenvalue weighted by Crippen LogP contribution is 2.14. The van der Waals surface area contributed by atoms with Crippen LogP contribution in [0.15, 0.2) is 29.6 Å². The van der Waals surface area contributed by atoms with E-state index in [9.17, 15) is 9.59 Å². The van der Waals surface area contributed by atoms with Crippen molar-refractivity contribution in [1.29, 1.82) is 5.26 Å². The van der Waals surface area contributed by atoms with E-state index in [-0.39, 0.29) is 17.3 Å². The molecule has 0 saturated carbocycles. The molecule has 0 atom stereocenters. The molecule has 0 fully saturated rings. The Morgan fingerprint density at radius 3 is 2.71 bits per heavy atom. The zero-order chi connectivity index (χ0) is 15.2. The van der Waals surface area contributed by atoms with Gasteiger partial charge in [-0.1, -0.05) is 0 Å². The summed E-state index contributed by atoms with van der Waals surface area (Å²) in [6.45, 7) is 1.95. The Morgan fingerprint density at radius 1 is 1.38 bits per heavy atom. The number of ether oxygens (including phenoxy) is 1. The Hall–Kier alpha value is -2.72. The smallest absolute Gasteiger partial charge is 0.367 e. The lowest BCUT2D eigenvalue weighted by Gasteiger charge is -2.02. The van der Waals surface area contributed by atoms with Crippen LogP contribution in [0.5, 0.6) is 0 Å². The van der Waals surface area contributed by atoms with Crippen LogP contribution in [0.3, 0.4) is 0 Å². The lowest BCUT2D eigenvalue weighted by atomic mass is 10.2. The summed E-state index contributed by atoms with van der Waals surface area (Å²) in [5.74, 6) is -0.966. The van der Waals surface area contributed by atoms with Gasteiger partial charge in [0.2, 0.25) is 5.01 Å². The van der Waals surface area contributed by atoms with Crippen molar-refractivity contribution >= 4 is 28.9 Å². The molecule has 0 unspecified atom stereocenters. The maximum atomic E-state index is 12.0. The van der Waals surface area contributed by atoms with Crippen molar-refractivity contribution in [2.45, 2.75) is 6.92 Å². The predicted molar refractivity (Wildman–Crippen MR) is 77.2 cm³/mol. The van der Waals surface area contributed by atoms with Gasteiger partial charge in [-0.15, -0.1) is 11.3 Å². The zero-order valence-corrected chi connectivity index (χ0v) is 11.9. The molecule has 0 bridgehead atoms. The third-order valence-electron chi connectivity index (χ3n) is 2.46. The monoisotopic (exact) mass is 301 g/mol. The molecule has 1 heterocycles. The van der Waals surface area contributed by atoms with E-state index < -0.39 is 11.9 Å². The number of carbonyl (C=O) groups excluding carboxylic acids is 2. The lowest BCUT2D eigenvalue weighted by molar-refractivity contribution is 0.0526. The van der Waals surface area contributed by atoms with Gasteiger partial charge in [0, 0.05) is 11.1 Å². The molecular formula is C14H11N3O3S. The van der Waals surface area contributed by atoms with Gasteiger partial charge in [-0.2, -0.15) is 5.26 Å². The number of nitrogens with one attached hydrogen (secondary N) is 1. The number of amides is 1. The topological polar surface area (TPSA) is 92.1 Å². The molecule has 1 amide bonds. The molecule has 7 heteroatoms. The van der Waals surface area contributed by atoms with Crippen molar-refractivity contribution in [2.75, 3.05) is 11.9 Å². The summed E-state index contributed by atoms with van der Waals surface area (Å²) < 4.78 is 4.81. The third-order valence-corrected chi connectivity index (χ3v) is 3.28. The normalized spacial score (nSPS) is 9.71. The minimum absolute atomic E-state index is 0.141. The summed E-state index contributed by atoms with van der Waals surface area (Å²) in [6, 6.07) is 8.43. The van der Waals surface area contributed by atoms with E-state index in [1.54, 1.807) is 31.2 Å². The first kappa shape index (κ1) is 14.7. The Balaban J connectivity index is 2.06. The molecule has 106 valence electrons. The second-order valence-electron chi connectivity index (χ2n) is 3.90. The average molecular weight is 301 g/mol. The van der Waals surface area contributed by atoms with E-state index in [0.29, 0.717) is 11.3 Å². The van der Waals surface area contributed by atoms with Crippen LogP contribution in [0.1, 0.15) is 32.8 Å². The highest BCUT2D eigenvalue weighted by Gasteiger charge is 2.16. The molecular weight excluding hydrogens is 290 g/mol. The number of thiazole rings is 1. The largest absolute Gasteiger partial charge is 0.461 e. The molecule has 6 nitrogen and oxygen atoms in total. The maximum absolute atomic E-state index is 12.0. The maximum Gasteiger partial charge on any atom is 0.367 e. The zero-order valence-electron chi connectivity index (χ0n) is 11.1. The fourth-order valence-electron chi connectivity index (χ4n) is 1.49. The van der Waals surface area contributed by atoms with Crippen LogP contribution in [0.4, 0.5) is 5.69 Å². The third kappa shape index (κ3) is 3.64. The van der Waals surface area contributed by atoms with E-state index in [1.807, 2.05) is 6.07 Å². The standard InChI is InChI=1S/C14H11N3O3S/c1-2-20-14(19)13-17-11(8-21-13)12(18)16-10-5-3-9(7-15)4-6-10/h3-6,8H,2H2,1H3,(H,16,18). The van der Waals surface area contributed by atoms with E-state index in [2.05, 4.69) is 10.3 Å². The number of rotatable bonds is 4. The molecule has 0 spiro atoms. The first-order valence-electron chi connectivity index (χ1n) is 6.08. The van der Waals surface area contributed by atoms with Crippen molar-refractivity contribution in [2.24, 2.45) is 0 Å². The number of carbonyl (C=O) groups is 2. The Labute approximate surface area is 125 Å². The molecule has 2 rings (SSSR count). The Kier molecular flexibility index (Phi) is 4.64. The van der Waals surface area contributed by atoms with Gasteiger partial charge in [-0.05, 0) is 31.2 Å². The molecule has 1 N–H and O–H groups in total. The van der Waals surface area contributed by atoms with Crippen molar-refractivity contribution in [3.05, 3.63) is 45.9 Å². The van der Waals surface area contributed by atoms with Crippen LogP contribution < -0.4 is 5.32 Å². The molecule has 1 aromatic carbocycles. The summed E-state index contributed by atoms with van der Waals surface area (Å²) in [7, 11) is 0. The Bertz CT molecular complexity index is 701. The molecule has 2 aromatic rings. The van der Waals surface area contributed by atoms with Gasteiger partial charge >= 0.3 is 5.97 Å². The molecule has 21 heavy (non-hydrogen) atoms. The van der Waals surface area contributed by atoms with Crippen molar-refractivity contribution < 1.29 is 14.3 Å². The van der Waals surface area contributed by atoms with Gasteiger partial charge in [-0.3, -0.25) is 4.79 Å². The highest BCUT2D eigenvalue weighted by molar-refractivity contribution is 7.11. The summed E-state index contributed by atoms with van der Waals surface area (Å²) in [5, 5.41) is 13.0.